The van der Waals surface area contributed by atoms with Crippen LogP contribution in [0.4, 0.5) is 17.1 Å². The van der Waals surface area contributed by atoms with E-state index < -0.39 is 16.9 Å². The molecule has 0 saturated heterocycles. The Labute approximate surface area is 147 Å². The Kier molecular flexibility index (Phi) is 5.53. The predicted octanol–water partition coefficient (Wildman–Crippen LogP) is 4.19. The third-order valence-electron chi connectivity index (χ3n) is 3.09. The molecule has 0 aromatic heterocycles. The van der Waals surface area contributed by atoms with Crippen LogP contribution in [0.3, 0.4) is 0 Å². The van der Waals surface area contributed by atoms with Gasteiger partial charge in [0.25, 0.3) is 5.69 Å². The van der Waals surface area contributed by atoms with Gasteiger partial charge in [-0.2, -0.15) is 10.2 Å². The van der Waals surface area contributed by atoms with Crippen LogP contribution in [0.15, 0.2) is 64.8 Å². The van der Waals surface area contributed by atoms with Crippen LogP contribution in [-0.4, -0.2) is 22.0 Å². The van der Waals surface area contributed by atoms with Gasteiger partial charge in [0.1, 0.15) is 11.3 Å². The molecule has 0 atom stereocenters. The van der Waals surface area contributed by atoms with Crippen molar-refractivity contribution < 1.29 is 24.4 Å². The highest BCUT2D eigenvalue weighted by atomic mass is 16.6. The summed E-state index contributed by atoms with van der Waals surface area (Å²) in [5.74, 6) is -2.19. The summed E-state index contributed by atoms with van der Waals surface area (Å²) in [6.07, 6.45) is 0. The molecule has 0 aliphatic carbocycles. The number of aromatic carboxylic acids is 1. The second-order valence-corrected chi connectivity index (χ2v) is 5.13. The van der Waals surface area contributed by atoms with Gasteiger partial charge in [-0.1, -0.05) is 6.58 Å². The van der Waals surface area contributed by atoms with Gasteiger partial charge < -0.3 is 9.84 Å². The molecule has 0 fully saturated rings. The van der Waals surface area contributed by atoms with Crippen LogP contribution in [0.2, 0.25) is 0 Å². The van der Waals surface area contributed by atoms with Gasteiger partial charge in [0.15, 0.2) is 0 Å². The Morgan fingerprint density at radius 2 is 1.69 bits per heavy atom. The minimum absolute atomic E-state index is 0.0826. The van der Waals surface area contributed by atoms with Crippen molar-refractivity contribution in [2.24, 2.45) is 10.2 Å². The van der Waals surface area contributed by atoms with E-state index in [0.29, 0.717) is 5.69 Å². The first-order valence-electron chi connectivity index (χ1n) is 7.19. The molecule has 0 saturated carbocycles. The smallest absolute Gasteiger partial charge is 0.339 e. The van der Waals surface area contributed by atoms with E-state index >= 15 is 0 Å². The fourth-order valence-corrected chi connectivity index (χ4v) is 1.78. The lowest BCUT2D eigenvalue weighted by atomic mass is 10.2. The predicted molar refractivity (Wildman–Crippen MR) is 91.1 cm³/mol. The first-order chi connectivity index (χ1) is 12.3. The minimum Gasteiger partial charge on any atom is -0.478 e. The second kappa shape index (κ2) is 7.79. The monoisotopic (exact) mass is 355 g/mol. The summed E-state index contributed by atoms with van der Waals surface area (Å²) >= 11 is 0. The van der Waals surface area contributed by atoms with Crippen molar-refractivity contribution in [1.29, 1.82) is 0 Å². The fourth-order valence-electron chi connectivity index (χ4n) is 1.78. The Bertz CT molecular complexity index is 919. The van der Waals surface area contributed by atoms with Gasteiger partial charge >= 0.3 is 11.9 Å². The van der Waals surface area contributed by atoms with E-state index in [1.807, 2.05) is 0 Å². The number of benzene rings is 2. The first-order valence-corrected chi connectivity index (χ1v) is 7.19. The summed E-state index contributed by atoms with van der Waals surface area (Å²) in [6, 6.07) is 9.26. The fraction of sp³-hybridized carbons (Fsp3) is 0.0588. The number of rotatable bonds is 6. The Morgan fingerprint density at radius 1 is 1.12 bits per heavy atom. The van der Waals surface area contributed by atoms with Crippen LogP contribution in [0.1, 0.15) is 17.3 Å². The molecule has 0 radical (unpaired) electrons. The van der Waals surface area contributed by atoms with Crippen molar-refractivity contribution in [3.63, 3.8) is 0 Å². The highest BCUT2D eigenvalue weighted by molar-refractivity contribution is 5.95. The third kappa shape index (κ3) is 4.57. The van der Waals surface area contributed by atoms with Crippen LogP contribution in [0.25, 0.3) is 0 Å². The van der Waals surface area contributed by atoms with E-state index in [1.165, 1.54) is 49.4 Å². The van der Waals surface area contributed by atoms with Gasteiger partial charge in [-0.15, -0.1) is 0 Å². The average molecular weight is 355 g/mol. The van der Waals surface area contributed by atoms with Crippen LogP contribution in [0, 0.1) is 10.1 Å². The summed E-state index contributed by atoms with van der Waals surface area (Å²) in [6.45, 7) is 4.87. The van der Waals surface area contributed by atoms with Crippen molar-refractivity contribution in [3.05, 3.63) is 70.3 Å². The summed E-state index contributed by atoms with van der Waals surface area (Å²) in [5, 5.41) is 27.6. The number of hydrogen-bond donors (Lipinski definition) is 1. The molecule has 0 aliphatic rings. The zero-order chi connectivity index (χ0) is 19.3. The van der Waals surface area contributed by atoms with Crippen molar-refractivity contribution in [1.82, 2.24) is 0 Å². The van der Waals surface area contributed by atoms with E-state index in [0.717, 1.165) is 0 Å². The molecule has 0 amide bonds. The highest BCUT2D eigenvalue weighted by Gasteiger charge is 2.16. The molecule has 0 heterocycles. The van der Waals surface area contributed by atoms with Crippen molar-refractivity contribution in [2.45, 2.75) is 6.92 Å². The maximum Gasteiger partial charge on any atom is 0.339 e. The van der Waals surface area contributed by atoms with Crippen LogP contribution >= 0.6 is 0 Å². The van der Waals surface area contributed by atoms with Crippen molar-refractivity contribution in [3.8, 4) is 5.75 Å². The molecule has 132 valence electrons. The van der Waals surface area contributed by atoms with E-state index in [-0.39, 0.29) is 28.3 Å². The number of nitro groups is 1. The highest BCUT2D eigenvalue weighted by Crippen LogP contribution is 2.27. The number of carbonyl (C=O) groups excluding carboxylic acids is 1. The standard InChI is InChI=1S/C17H13N3O6/c1-10(2)17(23)26-15-8-5-12(9-14(15)16(21)22)19-18-11-3-6-13(7-4-11)20(24)25/h3-9H,1H2,2H3,(H,21,22). The molecule has 9 heteroatoms. The molecular weight excluding hydrogens is 342 g/mol. The van der Waals surface area contributed by atoms with Crippen molar-refractivity contribution in [2.75, 3.05) is 0 Å². The number of nitrogens with zero attached hydrogens (tertiary/aromatic N) is 3. The molecule has 0 spiro atoms. The summed E-state index contributed by atoms with van der Waals surface area (Å²) < 4.78 is 4.97. The maximum atomic E-state index is 11.6. The maximum absolute atomic E-state index is 11.6. The zero-order valence-corrected chi connectivity index (χ0v) is 13.6. The molecule has 2 aromatic carbocycles. The molecule has 0 unspecified atom stereocenters. The number of non-ortho nitro benzene ring substituents is 1. The van der Waals surface area contributed by atoms with Gasteiger partial charge in [-0.05, 0) is 37.3 Å². The topological polar surface area (TPSA) is 131 Å². The SMILES string of the molecule is C=C(C)C(=O)Oc1ccc(N=Nc2ccc([N+](=O)[O-])cc2)cc1C(=O)O. The Balaban J connectivity index is 2.25. The van der Waals surface area contributed by atoms with Crippen LogP contribution in [-0.2, 0) is 4.79 Å². The normalized spacial score (nSPS) is 10.5. The van der Waals surface area contributed by atoms with Gasteiger partial charge in [-0.25, -0.2) is 9.59 Å². The van der Waals surface area contributed by atoms with Crippen LogP contribution in [0.5, 0.6) is 5.75 Å². The van der Waals surface area contributed by atoms with E-state index in [2.05, 4.69) is 16.8 Å². The summed E-state index contributed by atoms with van der Waals surface area (Å²) in [7, 11) is 0. The number of carboxylic acid groups (broad SMARTS) is 1. The largest absolute Gasteiger partial charge is 0.478 e. The van der Waals surface area contributed by atoms with Gasteiger partial charge in [0.2, 0.25) is 0 Å². The molecule has 9 nitrogen and oxygen atoms in total. The lowest BCUT2D eigenvalue weighted by molar-refractivity contribution is -0.384. The van der Waals surface area contributed by atoms with Gasteiger partial charge in [0.05, 0.1) is 16.3 Å². The molecule has 2 rings (SSSR count). The van der Waals surface area contributed by atoms with Gasteiger partial charge in [0, 0.05) is 17.7 Å². The Morgan fingerprint density at radius 3 is 2.23 bits per heavy atom. The molecular formula is C17H13N3O6. The number of carbonyl (C=O) groups is 2. The summed E-state index contributed by atoms with van der Waals surface area (Å²) in [5.41, 5.74) is 0.338. The van der Waals surface area contributed by atoms with Crippen molar-refractivity contribution >= 4 is 29.0 Å². The molecule has 0 bridgehead atoms. The minimum atomic E-state index is -1.30. The molecule has 1 N–H and O–H groups in total. The summed E-state index contributed by atoms with van der Waals surface area (Å²) in [4.78, 5) is 33.0. The Hall–Kier alpha value is -3.88. The first kappa shape index (κ1) is 18.5. The third-order valence-corrected chi connectivity index (χ3v) is 3.09. The van der Waals surface area contributed by atoms with E-state index in [4.69, 9.17) is 4.74 Å². The number of hydrogen-bond acceptors (Lipinski definition) is 7. The molecule has 26 heavy (non-hydrogen) atoms. The molecule has 0 aliphatic heterocycles. The lowest BCUT2D eigenvalue weighted by Crippen LogP contribution is -2.11. The van der Waals surface area contributed by atoms with E-state index in [1.54, 1.807) is 0 Å². The quantitative estimate of drug-likeness (QED) is 0.206. The van der Waals surface area contributed by atoms with E-state index in [9.17, 15) is 24.8 Å². The number of carboxylic acids is 1. The number of nitro benzene ring substituents is 1. The molecule has 2 aromatic rings. The second-order valence-electron chi connectivity index (χ2n) is 5.13. The number of azo groups is 1. The lowest BCUT2D eigenvalue weighted by Gasteiger charge is -2.07. The van der Waals surface area contributed by atoms with Gasteiger partial charge in [-0.3, -0.25) is 10.1 Å². The zero-order valence-electron chi connectivity index (χ0n) is 13.6. The number of esters is 1. The average Bonchev–Trinajstić information content (AvgIpc) is 2.60. The number of ether oxygens (including phenoxy) is 1. The van der Waals surface area contributed by atoms with Crippen LogP contribution < -0.4 is 4.74 Å².